The van der Waals surface area contributed by atoms with Gasteiger partial charge in [0.1, 0.15) is 18.1 Å². The fourth-order valence-electron chi connectivity index (χ4n) is 1.85. The Balaban J connectivity index is 2.21. The number of furan rings is 1. The molecule has 0 aliphatic carbocycles. The molecule has 7 heteroatoms. The van der Waals surface area contributed by atoms with Crippen molar-refractivity contribution in [2.75, 3.05) is 6.61 Å². The number of nitrogens with zero attached hydrogens (tertiary/aromatic N) is 3. The molecule has 0 N–H and O–H groups in total. The van der Waals surface area contributed by atoms with Crippen LogP contribution in [0.4, 0.5) is 4.79 Å². The standard InChI is InChI=1S/C14H17N3O4/c1-3-20-13(18)11(2)17(9-12-5-4-8-21-12)14(19)16-7-6-15-10-16/h4-8,10-11H,3,9H2,1-2H3. The summed E-state index contributed by atoms with van der Waals surface area (Å²) in [5.74, 6) is 0.122. The van der Waals surface area contributed by atoms with Gasteiger partial charge in [-0.25, -0.2) is 14.6 Å². The van der Waals surface area contributed by atoms with Crippen molar-refractivity contribution < 1.29 is 18.7 Å². The Morgan fingerprint density at radius 2 is 2.33 bits per heavy atom. The zero-order chi connectivity index (χ0) is 15.2. The number of imidazole rings is 1. The third-order valence-corrected chi connectivity index (χ3v) is 2.97. The molecular weight excluding hydrogens is 274 g/mol. The molecule has 0 aliphatic rings. The molecule has 112 valence electrons. The third-order valence-electron chi connectivity index (χ3n) is 2.97. The molecule has 21 heavy (non-hydrogen) atoms. The number of esters is 1. The number of hydrogen-bond donors (Lipinski definition) is 0. The molecular formula is C14H17N3O4. The van der Waals surface area contributed by atoms with E-state index in [9.17, 15) is 9.59 Å². The fraction of sp³-hybridized carbons (Fsp3) is 0.357. The first kappa shape index (κ1) is 14.8. The summed E-state index contributed by atoms with van der Waals surface area (Å²) < 4.78 is 11.5. The summed E-state index contributed by atoms with van der Waals surface area (Å²) in [6.07, 6.45) is 5.92. The number of aromatic nitrogens is 2. The van der Waals surface area contributed by atoms with Crippen LogP contribution in [0.25, 0.3) is 0 Å². The van der Waals surface area contributed by atoms with E-state index in [1.54, 1.807) is 26.0 Å². The number of carbonyl (C=O) groups is 2. The van der Waals surface area contributed by atoms with Gasteiger partial charge in [-0.05, 0) is 26.0 Å². The van der Waals surface area contributed by atoms with Gasteiger partial charge >= 0.3 is 12.0 Å². The molecule has 0 saturated carbocycles. The molecule has 2 aromatic rings. The number of ether oxygens (including phenoxy) is 1. The Bertz CT molecular complexity index is 577. The molecule has 0 radical (unpaired) electrons. The highest BCUT2D eigenvalue weighted by molar-refractivity contribution is 5.84. The van der Waals surface area contributed by atoms with Crippen molar-refractivity contribution in [1.29, 1.82) is 0 Å². The van der Waals surface area contributed by atoms with Crippen molar-refractivity contribution in [2.45, 2.75) is 26.4 Å². The maximum absolute atomic E-state index is 12.5. The molecule has 7 nitrogen and oxygen atoms in total. The van der Waals surface area contributed by atoms with E-state index in [0.29, 0.717) is 5.76 Å². The maximum Gasteiger partial charge on any atom is 0.330 e. The number of hydrogen-bond acceptors (Lipinski definition) is 5. The van der Waals surface area contributed by atoms with E-state index in [1.165, 1.54) is 34.5 Å². The minimum atomic E-state index is -0.732. The average molecular weight is 291 g/mol. The molecule has 0 aromatic carbocycles. The Hall–Kier alpha value is -2.57. The second-order valence-corrected chi connectivity index (χ2v) is 4.39. The minimum absolute atomic E-state index is 0.171. The van der Waals surface area contributed by atoms with E-state index in [-0.39, 0.29) is 19.2 Å². The van der Waals surface area contributed by atoms with E-state index in [1.807, 2.05) is 0 Å². The average Bonchev–Trinajstić information content (AvgIpc) is 3.16. The molecule has 0 fully saturated rings. The molecule has 1 unspecified atom stereocenters. The Morgan fingerprint density at radius 3 is 2.90 bits per heavy atom. The molecule has 0 saturated heterocycles. The van der Waals surface area contributed by atoms with Crippen molar-refractivity contribution in [1.82, 2.24) is 14.5 Å². The lowest BCUT2D eigenvalue weighted by Gasteiger charge is -2.26. The predicted molar refractivity (Wildman–Crippen MR) is 73.4 cm³/mol. The van der Waals surface area contributed by atoms with Crippen LogP contribution in [0, 0.1) is 0 Å². The monoisotopic (exact) mass is 291 g/mol. The molecule has 2 aromatic heterocycles. The lowest BCUT2D eigenvalue weighted by atomic mass is 10.2. The second-order valence-electron chi connectivity index (χ2n) is 4.39. The predicted octanol–water partition coefficient (Wildman–Crippen LogP) is 1.90. The summed E-state index contributed by atoms with van der Waals surface area (Å²) in [5.41, 5.74) is 0. The van der Waals surface area contributed by atoms with Crippen LogP contribution < -0.4 is 0 Å². The molecule has 2 rings (SSSR count). The molecule has 0 spiro atoms. The normalized spacial score (nSPS) is 11.9. The first-order valence-electron chi connectivity index (χ1n) is 6.61. The molecule has 0 aliphatic heterocycles. The van der Waals surface area contributed by atoms with Crippen molar-refractivity contribution in [3.05, 3.63) is 42.9 Å². The largest absolute Gasteiger partial charge is 0.467 e. The van der Waals surface area contributed by atoms with Crippen LogP contribution in [0.1, 0.15) is 19.6 Å². The molecule has 1 atom stereocenters. The van der Waals surface area contributed by atoms with Gasteiger partial charge in [0, 0.05) is 12.4 Å². The van der Waals surface area contributed by atoms with Crippen LogP contribution in [0.5, 0.6) is 0 Å². The second kappa shape index (κ2) is 6.74. The summed E-state index contributed by atoms with van der Waals surface area (Å²) in [6, 6.07) is 2.37. The zero-order valence-electron chi connectivity index (χ0n) is 11.9. The van der Waals surface area contributed by atoms with E-state index < -0.39 is 12.0 Å². The molecule has 2 heterocycles. The van der Waals surface area contributed by atoms with Crippen LogP contribution in [0.3, 0.4) is 0 Å². The first-order valence-corrected chi connectivity index (χ1v) is 6.61. The summed E-state index contributed by atoms with van der Waals surface area (Å²) >= 11 is 0. The van der Waals surface area contributed by atoms with Crippen LogP contribution >= 0.6 is 0 Å². The maximum atomic E-state index is 12.5. The Kier molecular flexibility index (Phi) is 4.76. The minimum Gasteiger partial charge on any atom is -0.467 e. The molecule has 1 amide bonds. The van der Waals surface area contributed by atoms with Gasteiger partial charge in [-0.3, -0.25) is 4.57 Å². The van der Waals surface area contributed by atoms with Gasteiger partial charge in [-0.15, -0.1) is 0 Å². The summed E-state index contributed by atoms with van der Waals surface area (Å²) in [7, 11) is 0. The van der Waals surface area contributed by atoms with Crippen LogP contribution in [-0.2, 0) is 16.1 Å². The Labute approximate surface area is 122 Å². The summed E-state index contributed by atoms with van der Waals surface area (Å²) in [4.78, 5) is 29.6. The molecule has 0 bridgehead atoms. The summed E-state index contributed by atoms with van der Waals surface area (Å²) in [6.45, 7) is 3.77. The van der Waals surface area contributed by atoms with Crippen molar-refractivity contribution >= 4 is 12.0 Å². The Morgan fingerprint density at radius 1 is 1.52 bits per heavy atom. The van der Waals surface area contributed by atoms with E-state index >= 15 is 0 Å². The van der Waals surface area contributed by atoms with Gasteiger partial charge in [-0.2, -0.15) is 0 Å². The first-order chi connectivity index (χ1) is 10.1. The number of amides is 1. The van der Waals surface area contributed by atoms with E-state index in [4.69, 9.17) is 9.15 Å². The summed E-state index contributed by atoms with van der Waals surface area (Å²) in [5, 5.41) is 0. The highest BCUT2D eigenvalue weighted by atomic mass is 16.5. The SMILES string of the molecule is CCOC(=O)C(C)N(Cc1ccco1)C(=O)n1ccnc1. The smallest absolute Gasteiger partial charge is 0.330 e. The quantitative estimate of drug-likeness (QED) is 0.786. The third kappa shape index (κ3) is 3.50. The van der Waals surface area contributed by atoms with Crippen molar-refractivity contribution in [3.8, 4) is 0 Å². The zero-order valence-corrected chi connectivity index (χ0v) is 11.9. The van der Waals surface area contributed by atoms with Crippen molar-refractivity contribution in [2.24, 2.45) is 0 Å². The van der Waals surface area contributed by atoms with Gasteiger partial charge < -0.3 is 14.1 Å². The van der Waals surface area contributed by atoms with Gasteiger partial charge in [0.15, 0.2) is 0 Å². The topological polar surface area (TPSA) is 77.6 Å². The number of rotatable bonds is 5. The lowest BCUT2D eigenvalue weighted by Crippen LogP contribution is -2.45. The van der Waals surface area contributed by atoms with Gasteiger partial charge in [0.05, 0.1) is 19.4 Å². The van der Waals surface area contributed by atoms with Crippen LogP contribution in [0.2, 0.25) is 0 Å². The van der Waals surface area contributed by atoms with E-state index in [2.05, 4.69) is 4.98 Å². The van der Waals surface area contributed by atoms with E-state index in [0.717, 1.165) is 0 Å². The van der Waals surface area contributed by atoms with Gasteiger partial charge in [0.2, 0.25) is 0 Å². The fourth-order valence-corrected chi connectivity index (χ4v) is 1.85. The van der Waals surface area contributed by atoms with Crippen LogP contribution in [0.15, 0.2) is 41.5 Å². The number of carbonyl (C=O) groups excluding carboxylic acids is 2. The van der Waals surface area contributed by atoms with Gasteiger partial charge in [-0.1, -0.05) is 0 Å². The highest BCUT2D eigenvalue weighted by Gasteiger charge is 2.28. The van der Waals surface area contributed by atoms with Gasteiger partial charge in [0.25, 0.3) is 0 Å². The van der Waals surface area contributed by atoms with Crippen LogP contribution in [-0.4, -0.2) is 39.1 Å². The highest BCUT2D eigenvalue weighted by Crippen LogP contribution is 2.12. The lowest BCUT2D eigenvalue weighted by molar-refractivity contribution is -0.148. The van der Waals surface area contributed by atoms with Crippen molar-refractivity contribution in [3.63, 3.8) is 0 Å².